The molecule has 1 aromatic heterocycles. The van der Waals surface area contributed by atoms with Crippen LogP contribution in [-0.2, 0) is 9.53 Å². The Kier molecular flexibility index (Phi) is 4.12. The molecule has 0 amide bonds. The second-order valence-electron chi connectivity index (χ2n) is 2.73. The van der Waals surface area contributed by atoms with Crippen molar-refractivity contribution >= 4 is 29.3 Å². The van der Waals surface area contributed by atoms with E-state index in [1.54, 1.807) is 13.0 Å². The maximum absolute atomic E-state index is 11.0. The van der Waals surface area contributed by atoms with Gasteiger partial charge in [-0.15, -0.1) is 0 Å². The number of nitrogens with two attached hydrogens (primary N) is 1. The summed E-state index contributed by atoms with van der Waals surface area (Å²) in [5.41, 5.74) is 6.60. The zero-order valence-corrected chi connectivity index (χ0v) is 8.99. The summed E-state index contributed by atoms with van der Waals surface area (Å²) in [4.78, 5) is 14.8. The van der Waals surface area contributed by atoms with Crippen molar-refractivity contribution in [2.75, 3.05) is 12.3 Å². The summed E-state index contributed by atoms with van der Waals surface area (Å²) in [6.07, 6.45) is 4.25. The van der Waals surface area contributed by atoms with E-state index in [1.165, 1.54) is 18.3 Å². The molecular formula is C10H11ClN2O2. The van der Waals surface area contributed by atoms with Crippen molar-refractivity contribution in [3.8, 4) is 0 Å². The van der Waals surface area contributed by atoms with Gasteiger partial charge in [0.2, 0.25) is 0 Å². The summed E-state index contributed by atoms with van der Waals surface area (Å²) in [6.45, 7) is 2.08. The van der Waals surface area contributed by atoms with Gasteiger partial charge in [0.05, 0.1) is 18.5 Å². The monoisotopic (exact) mass is 226 g/mol. The molecule has 80 valence electrons. The molecule has 0 saturated carbocycles. The third-order valence-electron chi connectivity index (χ3n) is 1.57. The lowest BCUT2D eigenvalue weighted by Gasteiger charge is -1.99. The SMILES string of the molecule is CCOC(=O)C=Cc1cc(N)cnc1Cl. The Morgan fingerprint density at radius 1 is 1.73 bits per heavy atom. The number of hydrogen-bond donors (Lipinski definition) is 1. The van der Waals surface area contributed by atoms with Crippen molar-refractivity contribution in [2.24, 2.45) is 0 Å². The Hall–Kier alpha value is -1.55. The van der Waals surface area contributed by atoms with Crippen molar-refractivity contribution in [3.63, 3.8) is 0 Å². The molecule has 1 rings (SSSR count). The highest BCUT2D eigenvalue weighted by atomic mass is 35.5. The molecule has 0 unspecified atom stereocenters. The van der Waals surface area contributed by atoms with Gasteiger partial charge in [-0.3, -0.25) is 0 Å². The van der Waals surface area contributed by atoms with Crippen LogP contribution in [0.1, 0.15) is 12.5 Å². The molecule has 5 heteroatoms. The minimum atomic E-state index is -0.420. The number of hydrogen-bond acceptors (Lipinski definition) is 4. The van der Waals surface area contributed by atoms with E-state index >= 15 is 0 Å². The number of aromatic nitrogens is 1. The molecular weight excluding hydrogens is 216 g/mol. The van der Waals surface area contributed by atoms with Gasteiger partial charge in [0.1, 0.15) is 5.15 Å². The standard InChI is InChI=1S/C10H11ClN2O2/c1-2-15-9(14)4-3-7-5-8(12)6-13-10(7)11/h3-6H,2,12H2,1H3. The molecule has 15 heavy (non-hydrogen) atoms. The molecule has 2 N–H and O–H groups in total. The Morgan fingerprint density at radius 3 is 3.13 bits per heavy atom. The summed E-state index contributed by atoms with van der Waals surface area (Å²) < 4.78 is 4.71. The molecule has 0 aromatic carbocycles. The number of nitrogens with zero attached hydrogens (tertiary/aromatic N) is 1. The topological polar surface area (TPSA) is 65.2 Å². The smallest absolute Gasteiger partial charge is 0.330 e. The quantitative estimate of drug-likeness (QED) is 0.486. The van der Waals surface area contributed by atoms with E-state index < -0.39 is 5.97 Å². The molecule has 0 fully saturated rings. The van der Waals surface area contributed by atoms with Crippen molar-refractivity contribution in [3.05, 3.63) is 29.1 Å². The third kappa shape index (κ3) is 3.59. The zero-order chi connectivity index (χ0) is 11.3. The van der Waals surface area contributed by atoms with Crippen molar-refractivity contribution in [2.45, 2.75) is 6.92 Å². The maximum atomic E-state index is 11.0. The first kappa shape index (κ1) is 11.5. The van der Waals surface area contributed by atoms with Crippen molar-refractivity contribution in [1.82, 2.24) is 4.98 Å². The summed E-state index contributed by atoms with van der Waals surface area (Å²) in [7, 11) is 0. The maximum Gasteiger partial charge on any atom is 0.330 e. The van der Waals surface area contributed by atoms with Crippen LogP contribution in [0.5, 0.6) is 0 Å². The van der Waals surface area contributed by atoms with Gasteiger partial charge in [-0.2, -0.15) is 0 Å². The molecule has 0 aliphatic heterocycles. The second-order valence-corrected chi connectivity index (χ2v) is 3.09. The first-order valence-corrected chi connectivity index (χ1v) is 4.77. The van der Waals surface area contributed by atoms with E-state index in [0.29, 0.717) is 23.0 Å². The number of ether oxygens (including phenoxy) is 1. The molecule has 0 atom stereocenters. The Balaban J connectivity index is 2.79. The van der Waals surface area contributed by atoms with E-state index in [1.807, 2.05) is 0 Å². The zero-order valence-electron chi connectivity index (χ0n) is 8.24. The largest absolute Gasteiger partial charge is 0.463 e. The lowest BCUT2D eigenvalue weighted by Crippen LogP contribution is -1.98. The van der Waals surface area contributed by atoms with Gasteiger partial charge in [0, 0.05) is 11.6 Å². The van der Waals surface area contributed by atoms with Gasteiger partial charge >= 0.3 is 5.97 Å². The van der Waals surface area contributed by atoms with Gasteiger partial charge in [0.15, 0.2) is 0 Å². The minimum absolute atomic E-state index is 0.296. The number of rotatable bonds is 3. The van der Waals surface area contributed by atoms with Crippen LogP contribution < -0.4 is 5.73 Å². The van der Waals surface area contributed by atoms with Crippen LogP contribution in [0.4, 0.5) is 5.69 Å². The number of nitrogen functional groups attached to an aromatic ring is 1. The van der Waals surface area contributed by atoms with E-state index in [9.17, 15) is 4.79 Å². The average molecular weight is 227 g/mol. The molecule has 1 heterocycles. The van der Waals surface area contributed by atoms with Crippen LogP contribution in [0, 0.1) is 0 Å². The number of esters is 1. The fourth-order valence-corrected chi connectivity index (χ4v) is 1.11. The van der Waals surface area contributed by atoms with Crippen LogP contribution in [-0.4, -0.2) is 17.6 Å². The van der Waals surface area contributed by atoms with Gasteiger partial charge in [0.25, 0.3) is 0 Å². The fourth-order valence-electron chi connectivity index (χ4n) is 0.947. The van der Waals surface area contributed by atoms with Gasteiger partial charge in [-0.1, -0.05) is 11.6 Å². The highest BCUT2D eigenvalue weighted by Gasteiger charge is 2.00. The van der Waals surface area contributed by atoms with Crippen LogP contribution in [0.2, 0.25) is 5.15 Å². The van der Waals surface area contributed by atoms with E-state index in [4.69, 9.17) is 22.1 Å². The van der Waals surface area contributed by atoms with Gasteiger partial charge in [-0.05, 0) is 19.1 Å². The van der Waals surface area contributed by atoms with Crippen LogP contribution in [0.3, 0.4) is 0 Å². The lowest BCUT2D eigenvalue weighted by molar-refractivity contribution is -0.137. The summed E-state index contributed by atoms with van der Waals surface area (Å²) in [5, 5.41) is 0.296. The number of carbonyl (C=O) groups is 1. The van der Waals surface area contributed by atoms with Crippen LogP contribution >= 0.6 is 11.6 Å². The number of pyridine rings is 1. The first-order valence-electron chi connectivity index (χ1n) is 4.39. The molecule has 0 aliphatic rings. The predicted molar refractivity (Wildman–Crippen MR) is 59.3 cm³/mol. The van der Waals surface area contributed by atoms with Crippen LogP contribution in [0.25, 0.3) is 6.08 Å². The fraction of sp³-hybridized carbons (Fsp3) is 0.200. The molecule has 0 aliphatic carbocycles. The first-order chi connectivity index (χ1) is 7.13. The number of halogens is 1. The number of carbonyl (C=O) groups excluding carboxylic acids is 1. The molecule has 4 nitrogen and oxygen atoms in total. The second kappa shape index (κ2) is 5.36. The average Bonchev–Trinajstić information content (AvgIpc) is 2.20. The van der Waals surface area contributed by atoms with Crippen molar-refractivity contribution < 1.29 is 9.53 Å². The van der Waals surface area contributed by atoms with Gasteiger partial charge in [-0.25, -0.2) is 9.78 Å². The third-order valence-corrected chi connectivity index (χ3v) is 1.89. The summed E-state index contributed by atoms with van der Waals surface area (Å²) in [5.74, 6) is -0.420. The predicted octanol–water partition coefficient (Wildman–Crippen LogP) is 1.89. The van der Waals surface area contributed by atoms with Crippen LogP contribution in [0.15, 0.2) is 18.3 Å². The Morgan fingerprint density at radius 2 is 2.47 bits per heavy atom. The number of anilines is 1. The molecule has 0 saturated heterocycles. The van der Waals surface area contributed by atoms with Crippen molar-refractivity contribution in [1.29, 1.82) is 0 Å². The lowest BCUT2D eigenvalue weighted by atomic mass is 10.2. The highest BCUT2D eigenvalue weighted by molar-refractivity contribution is 6.31. The molecule has 0 spiro atoms. The van der Waals surface area contributed by atoms with Gasteiger partial charge < -0.3 is 10.5 Å². The summed E-state index contributed by atoms with van der Waals surface area (Å²) >= 11 is 5.79. The summed E-state index contributed by atoms with van der Waals surface area (Å²) in [6, 6.07) is 1.63. The molecule has 0 radical (unpaired) electrons. The Bertz CT molecular complexity index is 391. The van der Waals surface area contributed by atoms with E-state index in [0.717, 1.165) is 0 Å². The normalized spacial score (nSPS) is 10.5. The molecule has 0 bridgehead atoms. The highest BCUT2D eigenvalue weighted by Crippen LogP contribution is 2.16. The van der Waals surface area contributed by atoms with E-state index in [2.05, 4.69) is 4.98 Å². The Labute approximate surface area is 92.7 Å². The minimum Gasteiger partial charge on any atom is -0.463 e. The molecule has 1 aromatic rings. The van der Waals surface area contributed by atoms with E-state index in [-0.39, 0.29) is 0 Å².